The van der Waals surface area contributed by atoms with Crippen molar-refractivity contribution in [3.63, 3.8) is 0 Å². The Morgan fingerprint density at radius 2 is 2.00 bits per heavy atom. The van der Waals surface area contributed by atoms with E-state index in [2.05, 4.69) is 4.72 Å². The highest BCUT2D eigenvalue weighted by Crippen LogP contribution is 2.27. The zero-order valence-electron chi connectivity index (χ0n) is 12.0. The summed E-state index contributed by atoms with van der Waals surface area (Å²) in [5, 5.41) is 11.0. The first kappa shape index (κ1) is 15.9. The second kappa shape index (κ2) is 5.70. The molecule has 0 spiro atoms. The minimum atomic E-state index is -3.81. The van der Waals surface area contributed by atoms with Crippen LogP contribution >= 0.6 is 0 Å². The predicted molar refractivity (Wildman–Crippen MR) is 78.5 cm³/mol. The van der Waals surface area contributed by atoms with Crippen molar-refractivity contribution in [1.29, 1.82) is 0 Å². The van der Waals surface area contributed by atoms with Crippen molar-refractivity contribution in [2.24, 2.45) is 5.73 Å². The van der Waals surface area contributed by atoms with Gasteiger partial charge in [-0.2, -0.15) is 0 Å². The molecule has 116 valence electrons. The van der Waals surface area contributed by atoms with Crippen LogP contribution in [0.4, 0.5) is 5.69 Å². The van der Waals surface area contributed by atoms with E-state index in [0.717, 1.165) is 18.9 Å². The molecule has 2 atom stereocenters. The summed E-state index contributed by atoms with van der Waals surface area (Å²) in [5.74, 6) is 0. The first-order chi connectivity index (χ1) is 9.72. The second-order valence-electron chi connectivity index (χ2n) is 5.46. The van der Waals surface area contributed by atoms with E-state index < -0.39 is 14.9 Å². The molecule has 1 aromatic rings. The lowest BCUT2D eigenvalue weighted by Crippen LogP contribution is -2.43. The maximum atomic E-state index is 12.4. The molecule has 1 aliphatic carbocycles. The summed E-state index contributed by atoms with van der Waals surface area (Å²) in [4.78, 5) is 10.4. The van der Waals surface area contributed by atoms with E-state index in [1.165, 1.54) is 6.07 Å². The number of benzene rings is 1. The van der Waals surface area contributed by atoms with Gasteiger partial charge in [-0.1, -0.05) is 6.42 Å². The Balaban J connectivity index is 2.38. The van der Waals surface area contributed by atoms with Crippen LogP contribution in [0.1, 0.15) is 30.4 Å². The maximum Gasteiger partial charge on any atom is 0.273 e. The van der Waals surface area contributed by atoms with E-state index in [1.807, 2.05) is 0 Å². The molecule has 0 aliphatic heterocycles. The summed E-state index contributed by atoms with van der Waals surface area (Å²) < 4.78 is 27.3. The Kier molecular flexibility index (Phi) is 4.31. The number of nitrogens with two attached hydrogens (primary N) is 1. The van der Waals surface area contributed by atoms with E-state index >= 15 is 0 Å². The van der Waals surface area contributed by atoms with Crippen LogP contribution in [0, 0.1) is 24.0 Å². The van der Waals surface area contributed by atoms with Crippen LogP contribution in [0.3, 0.4) is 0 Å². The van der Waals surface area contributed by atoms with Crippen molar-refractivity contribution in [2.75, 3.05) is 0 Å². The molecule has 0 heterocycles. The molecule has 7 nitrogen and oxygen atoms in total. The van der Waals surface area contributed by atoms with Gasteiger partial charge in [0.2, 0.25) is 10.0 Å². The largest absolute Gasteiger partial charge is 0.326 e. The molecule has 0 bridgehead atoms. The van der Waals surface area contributed by atoms with E-state index in [4.69, 9.17) is 5.73 Å². The fraction of sp³-hybridized carbons (Fsp3) is 0.538. The maximum absolute atomic E-state index is 12.4. The van der Waals surface area contributed by atoms with E-state index in [-0.39, 0.29) is 22.7 Å². The van der Waals surface area contributed by atoms with Gasteiger partial charge in [-0.25, -0.2) is 13.1 Å². The third kappa shape index (κ3) is 3.22. The molecule has 8 heteroatoms. The summed E-state index contributed by atoms with van der Waals surface area (Å²) in [6.07, 6.45) is 2.34. The fourth-order valence-corrected chi connectivity index (χ4v) is 3.98. The molecule has 0 aromatic heterocycles. The second-order valence-corrected chi connectivity index (χ2v) is 7.18. The van der Waals surface area contributed by atoms with Crippen LogP contribution in [0.25, 0.3) is 0 Å². The molecule has 1 aromatic carbocycles. The summed E-state index contributed by atoms with van der Waals surface area (Å²) in [7, 11) is -3.81. The highest BCUT2D eigenvalue weighted by molar-refractivity contribution is 7.89. The van der Waals surface area contributed by atoms with Crippen molar-refractivity contribution < 1.29 is 13.3 Å². The van der Waals surface area contributed by atoms with Gasteiger partial charge in [0.1, 0.15) is 0 Å². The van der Waals surface area contributed by atoms with Crippen LogP contribution in [0.15, 0.2) is 17.0 Å². The van der Waals surface area contributed by atoms with Crippen LogP contribution in [0.2, 0.25) is 0 Å². The number of nitro benzene ring substituents is 1. The van der Waals surface area contributed by atoms with Gasteiger partial charge in [-0.3, -0.25) is 10.1 Å². The number of hydrogen-bond donors (Lipinski definition) is 2. The average molecular weight is 313 g/mol. The Morgan fingerprint density at radius 1 is 1.33 bits per heavy atom. The lowest BCUT2D eigenvalue weighted by atomic mass is 10.1. The van der Waals surface area contributed by atoms with Gasteiger partial charge in [-0.15, -0.1) is 0 Å². The monoisotopic (exact) mass is 313 g/mol. The van der Waals surface area contributed by atoms with Crippen molar-refractivity contribution in [3.8, 4) is 0 Å². The van der Waals surface area contributed by atoms with Crippen molar-refractivity contribution in [2.45, 2.75) is 50.1 Å². The molecular formula is C13H19N3O4S. The molecule has 21 heavy (non-hydrogen) atoms. The number of nitro groups is 1. The van der Waals surface area contributed by atoms with Gasteiger partial charge in [0.15, 0.2) is 0 Å². The van der Waals surface area contributed by atoms with Crippen LogP contribution in [-0.4, -0.2) is 25.4 Å². The van der Waals surface area contributed by atoms with Crippen LogP contribution in [0.5, 0.6) is 0 Å². The van der Waals surface area contributed by atoms with Gasteiger partial charge in [0.25, 0.3) is 5.69 Å². The number of rotatable bonds is 4. The van der Waals surface area contributed by atoms with Crippen molar-refractivity contribution in [1.82, 2.24) is 4.72 Å². The Morgan fingerprint density at radius 3 is 2.52 bits per heavy atom. The number of nitrogens with zero attached hydrogens (tertiary/aromatic N) is 1. The first-order valence-corrected chi connectivity index (χ1v) is 8.24. The smallest absolute Gasteiger partial charge is 0.273 e. The summed E-state index contributed by atoms with van der Waals surface area (Å²) in [6, 6.07) is 2.04. The van der Waals surface area contributed by atoms with Crippen LogP contribution < -0.4 is 10.5 Å². The van der Waals surface area contributed by atoms with E-state index in [1.54, 1.807) is 13.8 Å². The third-order valence-electron chi connectivity index (χ3n) is 4.00. The molecule has 0 amide bonds. The number of sulfonamides is 1. The standard InChI is InChI=1S/C13H19N3O4S/c1-8-6-10(7-13(9(8)2)16(17)18)21(19,20)15-12-5-3-4-11(12)14/h6-7,11-12,15H,3-5,14H2,1-2H3. The SMILES string of the molecule is Cc1cc(S(=O)(=O)NC2CCCC2N)cc([N+](=O)[O-])c1C. The minimum absolute atomic E-state index is 0.0867. The lowest BCUT2D eigenvalue weighted by Gasteiger charge is -2.17. The quantitative estimate of drug-likeness (QED) is 0.643. The van der Waals surface area contributed by atoms with Gasteiger partial charge < -0.3 is 5.73 Å². The van der Waals surface area contributed by atoms with Crippen LogP contribution in [-0.2, 0) is 10.0 Å². The molecule has 3 N–H and O–H groups in total. The zero-order valence-corrected chi connectivity index (χ0v) is 12.8. The Hall–Kier alpha value is -1.51. The molecular weight excluding hydrogens is 294 g/mol. The first-order valence-electron chi connectivity index (χ1n) is 6.76. The molecule has 2 unspecified atom stereocenters. The lowest BCUT2D eigenvalue weighted by molar-refractivity contribution is -0.385. The summed E-state index contributed by atoms with van der Waals surface area (Å²) in [5.41, 5.74) is 6.71. The number of hydrogen-bond acceptors (Lipinski definition) is 5. The van der Waals surface area contributed by atoms with Crippen molar-refractivity contribution >= 4 is 15.7 Å². The van der Waals surface area contributed by atoms with Gasteiger partial charge in [-0.05, 0) is 38.3 Å². The topological polar surface area (TPSA) is 115 Å². The highest BCUT2D eigenvalue weighted by Gasteiger charge is 2.30. The third-order valence-corrected chi connectivity index (χ3v) is 5.47. The van der Waals surface area contributed by atoms with Gasteiger partial charge >= 0.3 is 0 Å². The minimum Gasteiger partial charge on any atom is -0.326 e. The summed E-state index contributed by atoms with van der Waals surface area (Å²) in [6.45, 7) is 3.26. The Bertz CT molecular complexity index is 672. The predicted octanol–water partition coefficient (Wildman–Crippen LogP) is 1.37. The molecule has 0 saturated heterocycles. The molecule has 1 saturated carbocycles. The number of aryl methyl sites for hydroxylation is 1. The van der Waals surface area contributed by atoms with E-state index in [9.17, 15) is 18.5 Å². The van der Waals surface area contributed by atoms with Gasteiger partial charge in [0.05, 0.1) is 9.82 Å². The van der Waals surface area contributed by atoms with E-state index in [0.29, 0.717) is 17.5 Å². The zero-order chi connectivity index (χ0) is 15.8. The summed E-state index contributed by atoms with van der Waals surface area (Å²) >= 11 is 0. The highest BCUT2D eigenvalue weighted by atomic mass is 32.2. The molecule has 2 rings (SSSR count). The Labute approximate surface area is 123 Å². The van der Waals surface area contributed by atoms with Gasteiger partial charge in [0, 0.05) is 23.7 Å². The van der Waals surface area contributed by atoms with Crippen molar-refractivity contribution in [3.05, 3.63) is 33.4 Å². The number of nitrogens with one attached hydrogen (secondary N) is 1. The molecule has 0 radical (unpaired) electrons. The molecule has 1 fully saturated rings. The average Bonchev–Trinajstić information content (AvgIpc) is 2.77. The molecule has 1 aliphatic rings. The fourth-order valence-electron chi connectivity index (χ4n) is 2.56. The normalized spacial score (nSPS) is 22.4.